The van der Waals surface area contributed by atoms with E-state index >= 15 is 0 Å². The number of aromatic nitrogens is 2. The molecular formula is C26H19N3O5S. The minimum Gasteiger partial charge on any atom is -0.379 e. The summed E-state index contributed by atoms with van der Waals surface area (Å²) in [5.41, 5.74) is 3.17. The molecule has 0 unspecified atom stereocenters. The van der Waals surface area contributed by atoms with Crippen LogP contribution in [-0.4, -0.2) is 22.9 Å². The van der Waals surface area contributed by atoms with Crippen LogP contribution in [0.5, 0.6) is 5.75 Å². The van der Waals surface area contributed by atoms with Crippen LogP contribution in [0.4, 0.5) is 5.69 Å². The van der Waals surface area contributed by atoms with Crippen LogP contribution in [-0.2, 0) is 16.7 Å². The molecule has 4 aromatic carbocycles. The number of hydrogen-bond donors (Lipinski definition) is 0. The molecule has 1 heterocycles. The van der Waals surface area contributed by atoms with Crippen LogP contribution < -0.4 is 4.18 Å². The summed E-state index contributed by atoms with van der Waals surface area (Å²) in [5, 5.41) is 11.2. The lowest BCUT2D eigenvalue weighted by molar-refractivity contribution is -0.387. The van der Waals surface area contributed by atoms with E-state index < -0.39 is 25.6 Å². The van der Waals surface area contributed by atoms with Gasteiger partial charge in [0.15, 0.2) is 4.90 Å². The molecule has 0 saturated carbocycles. The largest absolute Gasteiger partial charge is 0.379 e. The monoisotopic (exact) mass is 485 g/mol. The van der Waals surface area contributed by atoms with Crippen molar-refractivity contribution in [3.05, 3.63) is 119 Å². The standard InChI is InChI=1S/C26H19N3O5S/c30-29(31)24-12-6-7-13-25(24)35(32,33)34-21-16-14-20(15-17-21)26-27-22-10-4-5-11-23(22)28(26)18-19-8-2-1-3-9-19/h1-17H,18H2. The van der Waals surface area contributed by atoms with Crippen molar-refractivity contribution in [3.8, 4) is 17.1 Å². The van der Waals surface area contributed by atoms with Crippen LogP contribution in [0.3, 0.4) is 0 Å². The van der Waals surface area contributed by atoms with E-state index in [2.05, 4.69) is 4.57 Å². The third-order valence-corrected chi connectivity index (χ3v) is 6.78. The average Bonchev–Trinajstić information content (AvgIpc) is 3.23. The van der Waals surface area contributed by atoms with E-state index in [9.17, 15) is 18.5 Å². The summed E-state index contributed by atoms with van der Waals surface area (Å²) in [4.78, 5) is 14.8. The summed E-state index contributed by atoms with van der Waals surface area (Å²) in [6.45, 7) is 0.612. The van der Waals surface area contributed by atoms with Gasteiger partial charge in [-0.25, -0.2) is 4.98 Å². The molecule has 0 spiro atoms. The highest BCUT2D eigenvalue weighted by Crippen LogP contribution is 2.30. The van der Waals surface area contributed by atoms with E-state index in [0.717, 1.165) is 40.1 Å². The molecule has 174 valence electrons. The van der Waals surface area contributed by atoms with Gasteiger partial charge in [0, 0.05) is 18.2 Å². The maximum absolute atomic E-state index is 12.7. The third kappa shape index (κ3) is 4.49. The highest BCUT2D eigenvalue weighted by Gasteiger charge is 2.27. The van der Waals surface area contributed by atoms with Crippen molar-refractivity contribution in [3.63, 3.8) is 0 Å². The average molecular weight is 486 g/mol. The number of rotatable bonds is 7. The SMILES string of the molecule is O=[N+]([O-])c1ccccc1S(=O)(=O)Oc1ccc(-c2nc3ccccc3n2Cc2ccccc2)cc1. The van der Waals surface area contributed by atoms with Crippen LogP contribution in [0.2, 0.25) is 0 Å². The zero-order valence-electron chi connectivity index (χ0n) is 18.3. The molecule has 35 heavy (non-hydrogen) atoms. The van der Waals surface area contributed by atoms with Crippen LogP contribution in [0.1, 0.15) is 5.56 Å². The van der Waals surface area contributed by atoms with E-state index in [1.807, 2.05) is 54.6 Å². The second kappa shape index (κ2) is 9.03. The first-order valence-corrected chi connectivity index (χ1v) is 12.1. The molecule has 0 aliphatic rings. The predicted molar refractivity (Wildman–Crippen MR) is 132 cm³/mol. The number of para-hydroxylation sites is 3. The molecule has 5 aromatic rings. The molecule has 0 fully saturated rings. The van der Waals surface area contributed by atoms with E-state index in [0.29, 0.717) is 6.54 Å². The number of nitro groups is 1. The normalized spacial score (nSPS) is 11.4. The molecule has 0 N–H and O–H groups in total. The van der Waals surface area contributed by atoms with Gasteiger partial charge in [0.25, 0.3) is 5.69 Å². The predicted octanol–water partition coefficient (Wildman–Crippen LogP) is 5.43. The van der Waals surface area contributed by atoms with Crippen molar-refractivity contribution in [1.82, 2.24) is 9.55 Å². The number of imidazole rings is 1. The van der Waals surface area contributed by atoms with Gasteiger partial charge >= 0.3 is 10.1 Å². The smallest absolute Gasteiger partial charge is 0.346 e. The van der Waals surface area contributed by atoms with E-state index in [4.69, 9.17) is 9.17 Å². The summed E-state index contributed by atoms with van der Waals surface area (Å²) in [6.07, 6.45) is 0. The fourth-order valence-corrected chi connectivity index (χ4v) is 4.97. The number of hydrogen-bond acceptors (Lipinski definition) is 6. The zero-order valence-corrected chi connectivity index (χ0v) is 19.1. The molecule has 5 rings (SSSR count). The molecular weight excluding hydrogens is 466 g/mol. The van der Waals surface area contributed by atoms with Crippen molar-refractivity contribution in [2.24, 2.45) is 0 Å². The highest BCUT2D eigenvalue weighted by atomic mass is 32.2. The Morgan fingerprint density at radius 2 is 1.49 bits per heavy atom. The lowest BCUT2D eigenvalue weighted by Gasteiger charge is -2.11. The van der Waals surface area contributed by atoms with E-state index in [-0.39, 0.29) is 5.75 Å². The maximum Gasteiger partial charge on any atom is 0.346 e. The van der Waals surface area contributed by atoms with E-state index in [1.54, 1.807) is 12.1 Å². The molecule has 0 amide bonds. The van der Waals surface area contributed by atoms with Gasteiger partial charge in [0.2, 0.25) is 0 Å². The van der Waals surface area contributed by atoms with Crippen molar-refractivity contribution in [1.29, 1.82) is 0 Å². The fraction of sp³-hybridized carbons (Fsp3) is 0.0385. The summed E-state index contributed by atoms with van der Waals surface area (Å²) >= 11 is 0. The summed E-state index contributed by atoms with van der Waals surface area (Å²) in [7, 11) is -4.40. The Morgan fingerprint density at radius 3 is 2.23 bits per heavy atom. The van der Waals surface area contributed by atoms with Crippen molar-refractivity contribution < 1.29 is 17.5 Å². The Bertz CT molecular complexity index is 1630. The van der Waals surface area contributed by atoms with Crippen LogP contribution in [0.25, 0.3) is 22.4 Å². The Balaban J connectivity index is 1.48. The van der Waals surface area contributed by atoms with Gasteiger partial charge in [-0.2, -0.15) is 8.42 Å². The fourth-order valence-electron chi connectivity index (χ4n) is 3.87. The van der Waals surface area contributed by atoms with Crippen LogP contribution in [0, 0.1) is 10.1 Å². The summed E-state index contributed by atoms with van der Waals surface area (Å²) in [6, 6.07) is 29.4. The Hall–Kier alpha value is -4.50. The Morgan fingerprint density at radius 1 is 0.829 bits per heavy atom. The minimum absolute atomic E-state index is 0.0395. The summed E-state index contributed by atoms with van der Waals surface area (Å²) < 4.78 is 32.7. The lowest BCUT2D eigenvalue weighted by atomic mass is 10.2. The summed E-state index contributed by atoms with van der Waals surface area (Å²) in [5.74, 6) is 0.765. The quantitative estimate of drug-likeness (QED) is 0.173. The molecule has 0 aliphatic carbocycles. The van der Waals surface area contributed by atoms with Crippen LogP contribution in [0.15, 0.2) is 108 Å². The van der Waals surface area contributed by atoms with Crippen molar-refractivity contribution >= 4 is 26.8 Å². The van der Waals surface area contributed by atoms with E-state index in [1.165, 1.54) is 24.3 Å². The van der Waals surface area contributed by atoms with Gasteiger partial charge in [0.05, 0.1) is 16.0 Å². The number of fused-ring (bicyclic) bond motifs is 1. The van der Waals surface area contributed by atoms with Gasteiger partial charge < -0.3 is 8.75 Å². The molecule has 0 saturated heterocycles. The first-order valence-electron chi connectivity index (χ1n) is 10.7. The number of benzene rings is 4. The van der Waals surface area contributed by atoms with Gasteiger partial charge in [-0.15, -0.1) is 0 Å². The second-order valence-corrected chi connectivity index (χ2v) is 9.30. The van der Waals surface area contributed by atoms with Gasteiger partial charge in [-0.3, -0.25) is 10.1 Å². The molecule has 0 atom stereocenters. The molecule has 8 nitrogen and oxygen atoms in total. The van der Waals surface area contributed by atoms with Gasteiger partial charge in [0.1, 0.15) is 11.6 Å². The highest BCUT2D eigenvalue weighted by molar-refractivity contribution is 7.87. The second-order valence-electron chi connectivity index (χ2n) is 7.78. The number of nitrogens with zero attached hydrogens (tertiary/aromatic N) is 3. The van der Waals surface area contributed by atoms with Crippen LogP contribution >= 0.6 is 0 Å². The van der Waals surface area contributed by atoms with Crippen molar-refractivity contribution in [2.45, 2.75) is 11.4 Å². The minimum atomic E-state index is -4.40. The molecule has 9 heteroatoms. The van der Waals surface area contributed by atoms with Gasteiger partial charge in [-0.05, 0) is 48.0 Å². The molecule has 0 aliphatic heterocycles. The lowest BCUT2D eigenvalue weighted by Crippen LogP contribution is -2.12. The molecule has 0 radical (unpaired) electrons. The molecule has 1 aromatic heterocycles. The number of nitro benzene ring substituents is 1. The Labute approximate surface area is 201 Å². The first kappa shape index (κ1) is 22.3. The maximum atomic E-state index is 12.7. The topological polar surface area (TPSA) is 104 Å². The zero-order chi connectivity index (χ0) is 24.4. The van der Waals surface area contributed by atoms with Gasteiger partial charge in [-0.1, -0.05) is 54.6 Å². The van der Waals surface area contributed by atoms with Crippen molar-refractivity contribution in [2.75, 3.05) is 0 Å². The third-order valence-electron chi connectivity index (χ3n) is 5.49. The molecule has 0 bridgehead atoms. The Kier molecular flexibility index (Phi) is 5.76. The first-order chi connectivity index (χ1) is 16.9.